The molecule has 0 unspecified atom stereocenters. The van der Waals surface area contributed by atoms with Crippen LogP contribution in [0.3, 0.4) is 0 Å². The quantitative estimate of drug-likeness (QED) is 0.773. The summed E-state index contributed by atoms with van der Waals surface area (Å²) < 4.78 is 5.34. The maximum Gasteiger partial charge on any atom is 0.178 e. The van der Waals surface area contributed by atoms with Crippen molar-refractivity contribution < 1.29 is 4.52 Å². The lowest BCUT2D eigenvalue weighted by atomic mass is 10.0. The van der Waals surface area contributed by atoms with Crippen LogP contribution in [-0.4, -0.2) is 10.1 Å². The van der Waals surface area contributed by atoms with E-state index in [4.69, 9.17) is 21.9 Å². The molecular formula is C14H10ClN3O. The summed E-state index contributed by atoms with van der Waals surface area (Å²) >= 11 is 6.19. The van der Waals surface area contributed by atoms with Crippen LogP contribution in [-0.2, 0) is 0 Å². The molecule has 2 aromatic heterocycles. The van der Waals surface area contributed by atoms with Gasteiger partial charge in [-0.1, -0.05) is 28.9 Å². The molecule has 5 heteroatoms. The summed E-state index contributed by atoms with van der Waals surface area (Å²) in [6.45, 7) is 0. The van der Waals surface area contributed by atoms with E-state index in [2.05, 4.69) is 10.1 Å². The Labute approximate surface area is 114 Å². The van der Waals surface area contributed by atoms with Crippen LogP contribution in [0.25, 0.3) is 22.5 Å². The molecule has 0 aliphatic rings. The molecule has 2 N–H and O–H groups in total. The van der Waals surface area contributed by atoms with Crippen LogP contribution >= 0.6 is 11.6 Å². The van der Waals surface area contributed by atoms with Crippen LogP contribution < -0.4 is 5.73 Å². The van der Waals surface area contributed by atoms with Gasteiger partial charge in [0.1, 0.15) is 0 Å². The van der Waals surface area contributed by atoms with Gasteiger partial charge >= 0.3 is 0 Å². The smallest absolute Gasteiger partial charge is 0.178 e. The first-order chi connectivity index (χ1) is 9.27. The maximum atomic E-state index is 6.19. The molecule has 0 amide bonds. The topological polar surface area (TPSA) is 64.9 Å². The number of nitrogen functional groups attached to an aromatic ring is 1. The first-order valence-electron chi connectivity index (χ1n) is 5.68. The van der Waals surface area contributed by atoms with Crippen molar-refractivity contribution >= 4 is 17.4 Å². The minimum Gasteiger partial charge on any atom is -0.380 e. The molecule has 0 atom stereocenters. The number of hydrogen-bond donors (Lipinski definition) is 1. The zero-order valence-electron chi connectivity index (χ0n) is 9.88. The van der Waals surface area contributed by atoms with Crippen molar-refractivity contribution in [2.45, 2.75) is 0 Å². The van der Waals surface area contributed by atoms with E-state index in [1.807, 2.05) is 30.3 Å². The van der Waals surface area contributed by atoms with E-state index in [1.54, 1.807) is 18.5 Å². The van der Waals surface area contributed by atoms with Gasteiger partial charge in [0, 0.05) is 18.0 Å². The molecular weight excluding hydrogens is 262 g/mol. The van der Waals surface area contributed by atoms with Crippen molar-refractivity contribution in [2.75, 3.05) is 5.73 Å². The second-order valence-corrected chi connectivity index (χ2v) is 4.39. The van der Waals surface area contributed by atoms with Crippen LogP contribution in [0.15, 0.2) is 53.3 Å². The molecule has 0 saturated heterocycles. The van der Waals surface area contributed by atoms with Gasteiger partial charge in [-0.2, -0.15) is 0 Å². The number of pyridine rings is 1. The van der Waals surface area contributed by atoms with Crippen LogP contribution in [0.1, 0.15) is 0 Å². The Morgan fingerprint density at radius 1 is 1.05 bits per heavy atom. The van der Waals surface area contributed by atoms with E-state index < -0.39 is 0 Å². The highest BCUT2D eigenvalue weighted by molar-refractivity contribution is 6.33. The van der Waals surface area contributed by atoms with Crippen molar-refractivity contribution in [3.8, 4) is 22.5 Å². The molecule has 3 rings (SSSR count). The lowest BCUT2D eigenvalue weighted by Gasteiger charge is -2.03. The number of anilines is 1. The van der Waals surface area contributed by atoms with Gasteiger partial charge in [0.05, 0.1) is 10.6 Å². The fourth-order valence-electron chi connectivity index (χ4n) is 1.93. The predicted octanol–water partition coefficient (Wildman–Crippen LogP) is 3.64. The Kier molecular flexibility index (Phi) is 2.93. The third-order valence-corrected chi connectivity index (χ3v) is 3.14. The highest BCUT2D eigenvalue weighted by atomic mass is 35.5. The van der Waals surface area contributed by atoms with Crippen molar-refractivity contribution in [1.29, 1.82) is 0 Å². The maximum absolute atomic E-state index is 6.19. The predicted molar refractivity (Wildman–Crippen MR) is 74.6 cm³/mol. The third kappa shape index (κ3) is 2.06. The Morgan fingerprint density at radius 3 is 2.53 bits per heavy atom. The Balaban J connectivity index is 2.23. The highest BCUT2D eigenvalue weighted by Crippen LogP contribution is 2.38. The first kappa shape index (κ1) is 11.7. The van der Waals surface area contributed by atoms with Crippen molar-refractivity contribution in [1.82, 2.24) is 10.1 Å². The molecule has 0 aliphatic heterocycles. The van der Waals surface area contributed by atoms with Gasteiger partial charge in [-0.05, 0) is 29.8 Å². The summed E-state index contributed by atoms with van der Waals surface area (Å²) in [6, 6.07) is 11.1. The molecule has 0 bridgehead atoms. The summed E-state index contributed by atoms with van der Waals surface area (Å²) in [5, 5.41) is 4.43. The summed E-state index contributed by atoms with van der Waals surface area (Å²) in [5.74, 6) is 0.899. The molecule has 0 saturated carbocycles. The van der Waals surface area contributed by atoms with Gasteiger partial charge in [-0.25, -0.2) is 0 Å². The van der Waals surface area contributed by atoms with Crippen molar-refractivity contribution in [3.63, 3.8) is 0 Å². The summed E-state index contributed by atoms with van der Waals surface area (Å²) in [5.41, 5.74) is 8.28. The molecule has 0 spiro atoms. The molecule has 1 aromatic carbocycles. The fourth-order valence-corrected chi connectivity index (χ4v) is 2.15. The SMILES string of the molecule is Nc1noc(-c2ccccc2Cl)c1-c1ccncc1. The lowest BCUT2D eigenvalue weighted by molar-refractivity contribution is 0.436. The molecule has 4 nitrogen and oxygen atoms in total. The number of rotatable bonds is 2. The average molecular weight is 272 g/mol. The van der Waals surface area contributed by atoms with Gasteiger partial charge in [0.15, 0.2) is 11.6 Å². The zero-order chi connectivity index (χ0) is 13.2. The van der Waals surface area contributed by atoms with Gasteiger partial charge in [-0.3, -0.25) is 4.98 Å². The largest absolute Gasteiger partial charge is 0.380 e. The number of aromatic nitrogens is 2. The van der Waals surface area contributed by atoms with E-state index >= 15 is 0 Å². The van der Waals surface area contributed by atoms with Crippen molar-refractivity contribution in [3.05, 3.63) is 53.8 Å². The van der Waals surface area contributed by atoms with Gasteiger partial charge in [-0.15, -0.1) is 0 Å². The minimum absolute atomic E-state index is 0.334. The Morgan fingerprint density at radius 2 is 1.79 bits per heavy atom. The van der Waals surface area contributed by atoms with Gasteiger partial charge in [0.2, 0.25) is 0 Å². The minimum atomic E-state index is 0.334. The molecule has 0 fully saturated rings. The first-order valence-corrected chi connectivity index (χ1v) is 6.05. The van der Waals surface area contributed by atoms with E-state index in [1.165, 1.54) is 0 Å². The van der Waals surface area contributed by atoms with E-state index in [9.17, 15) is 0 Å². The highest BCUT2D eigenvalue weighted by Gasteiger charge is 2.19. The third-order valence-electron chi connectivity index (χ3n) is 2.81. The number of benzene rings is 1. The monoisotopic (exact) mass is 271 g/mol. The molecule has 3 aromatic rings. The average Bonchev–Trinajstić information content (AvgIpc) is 2.82. The summed E-state index contributed by atoms with van der Waals surface area (Å²) in [4.78, 5) is 3.99. The molecule has 94 valence electrons. The number of nitrogens with zero attached hydrogens (tertiary/aromatic N) is 2. The normalized spacial score (nSPS) is 10.6. The summed E-state index contributed by atoms with van der Waals surface area (Å²) in [7, 11) is 0. The second kappa shape index (κ2) is 4.74. The van der Waals surface area contributed by atoms with Gasteiger partial charge in [0.25, 0.3) is 0 Å². The standard InChI is InChI=1S/C14H10ClN3O/c15-11-4-2-1-3-10(11)13-12(14(16)18-19-13)9-5-7-17-8-6-9/h1-8H,(H2,16,18). The lowest BCUT2D eigenvalue weighted by Crippen LogP contribution is -1.89. The van der Waals surface area contributed by atoms with Crippen LogP contribution in [0.5, 0.6) is 0 Å². The van der Waals surface area contributed by atoms with E-state index in [-0.39, 0.29) is 0 Å². The molecule has 0 aliphatic carbocycles. The molecule has 2 heterocycles. The van der Waals surface area contributed by atoms with Crippen LogP contribution in [0.4, 0.5) is 5.82 Å². The zero-order valence-corrected chi connectivity index (χ0v) is 10.6. The van der Waals surface area contributed by atoms with E-state index in [0.717, 1.165) is 16.7 Å². The van der Waals surface area contributed by atoms with Crippen LogP contribution in [0, 0.1) is 0 Å². The van der Waals surface area contributed by atoms with Gasteiger partial charge < -0.3 is 10.3 Å². The van der Waals surface area contributed by atoms with E-state index in [0.29, 0.717) is 16.6 Å². The van der Waals surface area contributed by atoms with Crippen molar-refractivity contribution in [2.24, 2.45) is 0 Å². The van der Waals surface area contributed by atoms with Crippen LogP contribution in [0.2, 0.25) is 5.02 Å². The molecule has 19 heavy (non-hydrogen) atoms. The Bertz CT molecular complexity index is 710. The Hall–Kier alpha value is -2.33. The molecule has 0 radical (unpaired) electrons. The number of hydrogen-bond acceptors (Lipinski definition) is 4. The summed E-state index contributed by atoms with van der Waals surface area (Å²) in [6.07, 6.45) is 3.39. The fraction of sp³-hybridized carbons (Fsp3) is 0. The second-order valence-electron chi connectivity index (χ2n) is 3.99. The number of halogens is 1. The number of nitrogens with two attached hydrogens (primary N) is 1.